The van der Waals surface area contributed by atoms with Crippen LogP contribution in [-0.4, -0.2) is 0 Å². The summed E-state index contributed by atoms with van der Waals surface area (Å²) < 4.78 is 0. The largest absolute Gasteiger partial charge is 0.0840 e. The van der Waals surface area contributed by atoms with E-state index < -0.39 is 0 Å². The molecule has 0 N–H and O–H groups in total. The molecule has 0 aliphatic carbocycles. The molecule has 0 heterocycles. The Morgan fingerprint density at radius 2 is 1.92 bits per heavy atom. The minimum absolute atomic E-state index is 0.882. The maximum absolute atomic E-state index is 6.11. The van der Waals surface area contributed by atoms with E-state index in [1.165, 1.54) is 17.9 Å². The summed E-state index contributed by atoms with van der Waals surface area (Å²) >= 11 is 6.11. The van der Waals surface area contributed by atoms with Crippen molar-refractivity contribution >= 4 is 11.6 Å². The summed E-state index contributed by atoms with van der Waals surface area (Å²) in [7, 11) is 0. The molecule has 13 heavy (non-hydrogen) atoms. The van der Waals surface area contributed by atoms with Crippen LogP contribution in [0.3, 0.4) is 0 Å². The van der Waals surface area contributed by atoms with Gasteiger partial charge in [-0.3, -0.25) is 0 Å². The summed E-state index contributed by atoms with van der Waals surface area (Å²) in [5, 5.41) is 0.882. The topological polar surface area (TPSA) is 0 Å². The molecule has 0 atom stereocenters. The molecule has 0 nitrogen and oxygen atoms in total. The van der Waals surface area contributed by atoms with Gasteiger partial charge >= 0.3 is 0 Å². The lowest BCUT2D eigenvalue weighted by molar-refractivity contribution is 0.769. The normalized spacial score (nSPS) is 10.8. The Balaban J connectivity index is 2.84. The second-order valence-corrected chi connectivity index (χ2v) is 3.59. The van der Waals surface area contributed by atoms with Crippen LogP contribution in [0.1, 0.15) is 38.7 Å². The Morgan fingerprint density at radius 1 is 1.23 bits per heavy atom. The lowest BCUT2D eigenvalue weighted by Gasteiger charge is -2.14. The maximum Gasteiger partial charge on any atom is 0.0443 e. The number of rotatable bonds is 4. The number of hydrogen-bond acceptors (Lipinski definition) is 0. The van der Waals surface area contributed by atoms with E-state index in [0.29, 0.717) is 0 Å². The monoisotopic (exact) mass is 195 g/mol. The Hall–Kier alpha value is -0.490. The van der Waals surface area contributed by atoms with Gasteiger partial charge in [0, 0.05) is 10.9 Å². The maximum atomic E-state index is 6.11. The summed E-state index contributed by atoms with van der Waals surface area (Å²) in [6, 6.07) is 8.09. The van der Waals surface area contributed by atoms with Crippen molar-refractivity contribution in [1.82, 2.24) is 0 Å². The molecule has 1 heteroatoms. The number of halogens is 1. The first-order valence-electron chi connectivity index (χ1n) is 4.89. The van der Waals surface area contributed by atoms with Gasteiger partial charge in [-0.1, -0.05) is 50.1 Å². The fourth-order valence-corrected chi connectivity index (χ4v) is 1.82. The zero-order chi connectivity index (χ0) is 9.68. The third-order valence-corrected chi connectivity index (χ3v) is 2.56. The van der Waals surface area contributed by atoms with Gasteiger partial charge in [-0.05, 0) is 24.5 Å². The van der Waals surface area contributed by atoms with Gasteiger partial charge in [0.2, 0.25) is 0 Å². The Kier molecular flexibility index (Phi) is 4.31. The van der Waals surface area contributed by atoms with Gasteiger partial charge in [-0.25, -0.2) is 0 Å². The second kappa shape index (κ2) is 5.29. The minimum Gasteiger partial charge on any atom is -0.0840 e. The van der Waals surface area contributed by atoms with Crippen molar-refractivity contribution in [2.45, 2.75) is 33.1 Å². The summed E-state index contributed by atoms with van der Waals surface area (Å²) in [5.41, 5.74) is 1.23. The molecule has 0 unspecified atom stereocenters. The first-order valence-corrected chi connectivity index (χ1v) is 5.27. The molecule has 0 saturated carbocycles. The van der Waals surface area contributed by atoms with Crippen LogP contribution in [-0.2, 0) is 0 Å². The highest BCUT2D eigenvalue weighted by molar-refractivity contribution is 6.31. The van der Waals surface area contributed by atoms with Crippen LogP contribution in [0.25, 0.3) is 0 Å². The van der Waals surface area contributed by atoms with Gasteiger partial charge < -0.3 is 0 Å². The summed E-state index contributed by atoms with van der Waals surface area (Å²) in [5.74, 6) is 1.47. The van der Waals surface area contributed by atoms with Crippen molar-refractivity contribution in [3.8, 4) is 0 Å². The van der Waals surface area contributed by atoms with Gasteiger partial charge in [0.25, 0.3) is 0 Å². The highest BCUT2D eigenvalue weighted by atomic mass is 35.5. The van der Waals surface area contributed by atoms with Crippen molar-refractivity contribution in [2.75, 3.05) is 0 Å². The van der Waals surface area contributed by atoms with Crippen molar-refractivity contribution in [2.24, 2.45) is 0 Å². The number of benzene rings is 1. The SMILES string of the molecule is CCC[C](CC)c1ccccc1Cl. The first kappa shape index (κ1) is 10.6. The fourth-order valence-electron chi connectivity index (χ4n) is 1.55. The first-order chi connectivity index (χ1) is 6.29. The van der Waals surface area contributed by atoms with E-state index in [0.717, 1.165) is 17.9 Å². The van der Waals surface area contributed by atoms with Crippen LogP contribution < -0.4 is 0 Å². The van der Waals surface area contributed by atoms with Crippen LogP contribution in [0.2, 0.25) is 5.02 Å². The van der Waals surface area contributed by atoms with Gasteiger partial charge in [-0.15, -0.1) is 0 Å². The third-order valence-electron chi connectivity index (χ3n) is 2.23. The Labute approximate surface area is 85.9 Å². The molecule has 0 aliphatic heterocycles. The van der Waals surface area contributed by atoms with Crippen LogP contribution in [0, 0.1) is 5.92 Å². The van der Waals surface area contributed by atoms with Crippen molar-refractivity contribution < 1.29 is 0 Å². The van der Waals surface area contributed by atoms with E-state index in [1.54, 1.807) is 0 Å². The average molecular weight is 196 g/mol. The smallest absolute Gasteiger partial charge is 0.0443 e. The van der Waals surface area contributed by atoms with E-state index in [9.17, 15) is 0 Å². The van der Waals surface area contributed by atoms with E-state index in [4.69, 9.17) is 11.6 Å². The average Bonchev–Trinajstić information content (AvgIpc) is 2.16. The lowest BCUT2D eigenvalue weighted by atomic mass is 9.92. The molecule has 1 rings (SSSR count). The molecule has 1 radical (unpaired) electrons. The molecule has 0 fully saturated rings. The Bertz CT molecular complexity index is 255. The molecule has 1 aromatic rings. The molecular weight excluding hydrogens is 180 g/mol. The molecular formula is C12H16Cl. The van der Waals surface area contributed by atoms with Crippen molar-refractivity contribution in [3.05, 3.63) is 40.8 Å². The van der Waals surface area contributed by atoms with Crippen molar-refractivity contribution in [3.63, 3.8) is 0 Å². The molecule has 0 bridgehead atoms. The molecule has 0 saturated heterocycles. The van der Waals surface area contributed by atoms with Crippen molar-refractivity contribution in [1.29, 1.82) is 0 Å². The van der Waals surface area contributed by atoms with E-state index in [1.807, 2.05) is 18.2 Å². The molecule has 1 aromatic carbocycles. The molecule has 0 amide bonds. The molecule has 0 aliphatic rings. The second-order valence-electron chi connectivity index (χ2n) is 3.19. The van der Waals surface area contributed by atoms with Gasteiger partial charge in [0.15, 0.2) is 0 Å². The quantitative estimate of drug-likeness (QED) is 0.665. The third kappa shape index (κ3) is 2.73. The van der Waals surface area contributed by atoms with Gasteiger partial charge in [-0.2, -0.15) is 0 Å². The van der Waals surface area contributed by atoms with Crippen LogP contribution >= 0.6 is 11.6 Å². The lowest BCUT2D eigenvalue weighted by Crippen LogP contribution is -1.98. The zero-order valence-electron chi connectivity index (χ0n) is 8.31. The Morgan fingerprint density at radius 3 is 2.46 bits per heavy atom. The standard InChI is InChI=1S/C12H16Cl/c1-3-7-10(4-2)11-8-5-6-9-12(11)13/h5-6,8-9H,3-4,7H2,1-2H3. The summed E-state index contributed by atoms with van der Waals surface area (Å²) in [4.78, 5) is 0. The number of hydrogen-bond donors (Lipinski definition) is 0. The summed E-state index contributed by atoms with van der Waals surface area (Å²) in [6.45, 7) is 4.39. The van der Waals surface area contributed by atoms with E-state index >= 15 is 0 Å². The van der Waals surface area contributed by atoms with Crippen LogP contribution in [0.15, 0.2) is 24.3 Å². The van der Waals surface area contributed by atoms with Gasteiger partial charge in [0.1, 0.15) is 0 Å². The van der Waals surface area contributed by atoms with Crippen LogP contribution in [0.4, 0.5) is 0 Å². The zero-order valence-corrected chi connectivity index (χ0v) is 9.06. The van der Waals surface area contributed by atoms with Gasteiger partial charge in [0.05, 0.1) is 0 Å². The van der Waals surface area contributed by atoms with Crippen LogP contribution in [0.5, 0.6) is 0 Å². The highest BCUT2D eigenvalue weighted by Gasteiger charge is 2.11. The highest BCUT2D eigenvalue weighted by Crippen LogP contribution is 2.29. The summed E-state index contributed by atoms with van der Waals surface area (Å²) in [6.07, 6.45) is 3.44. The molecule has 0 spiro atoms. The predicted molar refractivity (Wildman–Crippen MR) is 59.0 cm³/mol. The predicted octanol–water partition coefficient (Wildman–Crippen LogP) is 4.47. The molecule has 71 valence electrons. The van der Waals surface area contributed by atoms with E-state index in [-0.39, 0.29) is 0 Å². The van der Waals surface area contributed by atoms with E-state index in [2.05, 4.69) is 19.9 Å². The molecule has 0 aromatic heterocycles. The fraction of sp³-hybridized carbons (Fsp3) is 0.417. The minimum atomic E-state index is 0.882.